The van der Waals surface area contributed by atoms with Gasteiger partial charge in [0.2, 0.25) is 5.91 Å². The molecule has 33 heavy (non-hydrogen) atoms. The zero-order valence-corrected chi connectivity index (χ0v) is 20.8. The number of fused-ring (bicyclic) bond motifs is 3. The van der Waals surface area contributed by atoms with Crippen molar-refractivity contribution in [3.05, 3.63) is 54.9 Å². The normalized spacial score (nSPS) is 17.3. The zero-order chi connectivity index (χ0) is 23.1. The molecule has 2 aliphatic rings. The minimum Gasteiger partial charge on any atom is -0.323 e. The van der Waals surface area contributed by atoms with E-state index in [0.29, 0.717) is 33.5 Å². The number of nitrogens with one attached hydrogen (secondary N) is 1. The van der Waals surface area contributed by atoms with E-state index in [4.69, 9.17) is 28.2 Å². The van der Waals surface area contributed by atoms with Gasteiger partial charge in [0.1, 0.15) is 16.7 Å². The molecule has 1 N–H and O–H groups in total. The Hall–Kier alpha value is -1.93. The molecule has 1 amide bonds. The maximum Gasteiger partial charge on any atom is 0.263 e. The molecule has 1 saturated heterocycles. The van der Waals surface area contributed by atoms with Crippen LogP contribution in [0.1, 0.15) is 54.9 Å². The predicted molar refractivity (Wildman–Crippen MR) is 135 cm³/mol. The van der Waals surface area contributed by atoms with Gasteiger partial charge in [0.05, 0.1) is 22.6 Å². The fraction of sp³-hybridized carbons (Fsp3) is 0.458. The molecule has 0 spiro atoms. The first kappa shape index (κ1) is 22.8. The molecule has 0 bridgehead atoms. The lowest BCUT2D eigenvalue weighted by molar-refractivity contribution is -0.119. The first-order chi connectivity index (χ1) is 15.9. The Morgan fingerprint density at radius 1 is 1.18 bits per heavy atom. The molecule has 6 nitrogen and oxygen atoms in total. The highest BCUT2D eigenvalue weighted by Gasteiger charge is 2.28. The van der Waals surface area contributed by atoms with Crippen molar-refractivity contribution >= 4 is 56.3 Å². The Balaban J connectivity index is 1.58. The second-order valence-electron chi connectivity index (χ2n) is 8.87. The van der Waals surface area contributed by atoms with Crippen molar-refractivity contribution in [2.45, 2.75) is 58.0 Å². The second kappa shape index (κ2) is 9.37. The van der Waals surface area contributed by atoms with Gasteiger partial charge in [-0.05, 0) is 82.3 Å². The van der Waals surface area contributed by atoms with E-state index in [0.717, 1.165) is 62.0 Å². The largest absolute Gasteiger partial charge is 0.323 e. The predicted octanol–water partition coefficient (Wildman–Crippen LogP) is 5.44. The summed E-state index contributed by atoms with van der Waals surface area (Å²) >= 11 is 14.0. The first-order valence-corrected chi connectivity index (χ1v) is 13.0. The minimum absolute atomic E-state index is 0.117. The van der Waals surface area contributed by atoms with Crippen molar-refractivity contribution in [2.24, 2.45) is 0 Å². The monoisotopic (exact) mass is 504 g/mol. The molecule has 174 valence electrons. The summed E-state index contributed by atoms with van der Waals surface area (Å²) in [6.07, 6.45) is 6.41. The van der Waals surface area contributed by atoms with Crippen LogP contribution >= 0.6 is 34.5 Å². The summed E-state index contributed by atoms with van der Waals surface area (Å²) in [6.45, 7) is 4.26. The van der Waals surface area contributed by atoms with Crippen molar-refractivity contribution in [1.29, 1.82) is 0 Å². The Morgan fingerprint density at radius 2 is 1.94 bits per heavy atom. The SMILES string of the molecule is CC(C(=O)Nc1cc(Cl)ccc1Cl)n1c(CN2CCCC2)nc2sc3c(c2c1=O)CCCC3. The number of thiophene rings is 1. The minimum atomic E-state index is -0.749. The maximum absolute atomic E-state index is 13.9. The van der Waals surface area contributed by atoms with Gasteiger partial charge in [-0.1, -0.05) is 23.2 Å². The molecule has 1 aliphatic carbocycles. The lowest BCUT2D eigenvalue weighted by Gasteiger charge is -2.22. The topological polar surface area (TPSA) is 67.2 Å². The van der Waals surface area contributed by atoms with Crippen LogP contribution in [-0.2, 0) is 24.2 Å². The third kappa shape index (κ3) is 4.44. The van der Waals surface area contributed by atoms with Crippen LogP contribution in [0, 0.1) is 0 Å². The van der Waals surface area contributed by atoms with Gasteiger partial charge in [-0.25, -0.2) is 4.98 Å². The van der Waals surface area contributed by atoms with Crippen LogP contribution in [0.15, 0.2) is 23.0 Å². The smallest absolute Gasteiger partial charge is 0.263 e. The number of aryl methyl sites for hydroxylation is 2. The van der Waals surface area contributed by atoms with E-state index in [1.165, 1.54) is 4.88 Å². The fourth-order valence-corrected chi connectivity index (χ4v) is 6.47. The standard InChI is InChI=1S/C24H26Cl2N4O2S/c1-14(22(31)27-18-12-15(25)8-9-17(18)26)30-20(13-29-10-4-5-11-29)28-23-21(24(30)32)16-6-2-3-7-19(16)33-23/h8-9,12,14H,2-7,10-11,13H2,1H3,(H,27,31). The van der Waals surface area contributed by atoms with E-state index in [1.807, 2.05) is 0 Å². The van der Waals surface area contributed by atoms with Crippen LogP contribution < -0.4 is 10.9 Å². The van der Waals surface area contributed by atoms with Crippen molar-refractivity contribution in [3.63, 3.8) is 0 Å². The van der Waals surface area contributed by atoms with Crippen LogP contribution in [0.25, 0.3) is 10.2 Å². The number of rotatable bonds is 5. The molecule has 3 heterocycles. The number of nitrogens with zero attached hydrogens (tertiary/aromatic N) is 3. The number of amides is 1. The number of carbonyl (C=O) groups excluding carboxylic acids is 1. The lowest BCUT2D eigenvalue weighted by Crippen LogP contribution is -2.36. The Bertz CT molecular complexity index is 1280. The van der Waals surface area contributed by atoms with Crippen LogP contribution in [0.3, 0.4) is 0 Å². The summed E-state index contributed by atoms with van der Waals surface area (Å²) < 4.78 is 1.59. The van der Waals surface area contributed by atoms with E-state index in [9.17, 15) is 9.59 Å². The summed E-state index contributed by atoms with van der Waals surface area (Å²) in [5, 5.41) is 4.41. The van der Waals surface area contributed by atoms with E-state index in [-0.39, 0.29) is 11.5 Å². The highest BCUT2D eigenvalue weighted by Crippen LogP contribution is 2.34. The molecule has 3 aromatic rings. The molecule has 0 radical (unpaired) electrons. The zero-order valence-electron chi connectivity index (χ0n) is 18.5. The van der Waals surface area contributed by atoms with E-state index >= 15 is 0 Å². The van der Waals surface area contributed by atoms with Crippen LogP contribution in [0.2, 0.25) is 10.0 Å². The molecule has 9 heteroatoms. The molecular formula is C24H26Cl2N4O2S. The average Bonchev–Trinajstić information content (AvgIpc) is 3.43. The molecule has 1 unspecified atom stereocenters. The van der Waals surface area contributed by atoms with Crippen molar-refractivity contribution in [1.82, 2.24) is 14.5 Å². The molecule has 5 rings (SSSR count). The highest BCUT2D eigenvalue weighted by atomic mass is 35.5. The number of aromatic nitrogens is 2. The maximum atomic E-state index is 13.9. The van der Waals surface area contributed by atoms with E-state index in [2.05, 4.69) is 10.2 Å². The van der Waals surface area contributed by atoms with Gasteiger partial charge in [0.15, 0.2) is 0 Å². The molecule has 2 aromatic heterocycles. The summed E-state index contributed by atoms with van der Waals surface area (Å²) in [5.74, 6) is 0.321. The van der Waals surface area contributed by atoms with E-state index in [1.54, 1.807) is 41.0 Å². The molecule has 1 aromatic carbocycles. The molecule has 1 fully saturated rings. The number of benzene rings is 1. The number of anilines is 1. The molecular weight excluding hydrogens is 479 g/mol. The summed E-state index contributed by atoms with van der Waals surface area (Å²) in [6, 6.07) is 4.17. The molecule has 1 aliphatic heterocycles. The average molecular weight is 505 g/mol. The Morgan fingerprint density at radius 3 is 2.73 bits per heavy atom. The third-order valence-corrected chi connectivity index (χ3v) is 8.36. The van der Waals surface area contributed by atoms with Gasteiger partial charge >= 0.3 is 0 Å². The summed E-state index contributed by atoms with van der Waals surface area (Å²) in [7, 11) is 0. The second-order valence-corrected chi connectivity index (χ2v) is 10.8. The summed E-state index contributed by atoms with van der Waals surface area (Å²) in [4.78, 5) is 36.5. The van der Waals surface area contributed by atoms with Crippen molar-refractivity contribution in [3.8, 4) is 0 Å². The van der Waals surface area contributed by atoms with Gasteiger partial charge in [0, 0.05) is 9.90 Å². The van der Waals surface area contributed by atoms with Crippen molar-refractivity contribution < 1.29 is 4.79 Å². The highest BCUT2D eigenvalue weighted by molar-refractivity contribution is 7.18. The quantitative estimate of drug-likeness (QED) is 0.502. The number of carbonyl (C=O) groups is 1. The third-order valence-electron chi connectivity index (χ3n) is 6.61. The first-order valence-electron chi connectivity index (χ1n) is 11.5. The van der Waals surface area contributed by atoms with Gasteiger partial charge in [-0.3, -0.25) is 19.1 Å². The van der Waals surface area contributed by atoms with Gasteiger partial charge < -0.3 is 5.32 Å². The number of likely N-dealkylation sites (tertiary alicyclic amines) is 1. The Labute approximate surface area is 206 Å². The summed E-state index contributed by atoms with van der Waals surface area (Å²) in [5.41, 5.74) is 1.44. The molecule has 1 atom stereocenters. The fourth-order valence-electron chi connectivity index (χ4n) is 4.86. The van der Waals surface area contributed by atoms with Crippen LogP contribution in [-0.4, -0.2) is 33.4 Å². The number of hydrogen-bond donors (Lipinski definition) is 1. The van der Waals surface area contributed by atoms with Crippen molar-refractivity contribution in [2.75, 3.05) is 18.4 Å². The van der Waals surface area contributed by atoms with Gasteiger partial charge in [-0.2, -0.15) is 0 Å². The number of halogens is 2. The van der Waals surface area contributed by atoms with E-state index < -0.39 is 6.04 Å². The Kier molecular flexibility index (Phi) is 6.49. The lowest BCUT2D eigenvalue weighted by atomic mass is 9.97. The van der Waals surface area contributed by atoms with Gasteiger partial charge in [-0.15, -0.1) is 11.3 Å². The van der Waals surface area contributed by atoms with Crippen LogP contribution in [0.4, 0.5) is 5.69 Å². The molecule has 0 saturated carbocycles. The van der Waals surface area contributed by atoms with Gasteiger partial charge in [0.25, 0.3) is 5.56 Å². The van der Waals surface area contributed by atoms with Crippen LogP contribution in [0.5, 0.6) is 0 Å². The number of hydrogen-bond acceptors (Lipinski definition) is 5.